The van der Waals surface area contributed by atoms with Gasteiger partial charge in [-0.15, -0.1) is 0 Å². The Morgan fingerprint density at radius 3 is 2.62 bits per heavy atom. The number of fused-ring (bicyclic) bond motifs is 1. The first-order chi connectivity index (χ1) is 10.1. The van der Waals surface area contributed by atoms with Gasteiger partial charge in [-0.1, -0.05) is 22.9 Å². The van der Waals surface area contributed by atoms with Gasteiger partial charge < -0.3 is 19.9 Å². The third-order valence-corrected chi connectivity index (χ3v) is 5.47. The van der Waals surface area contributed by atoms with Crippen molar-refractivity contribution in [2.45, 2.75) is 44.7 Å². The summed E-state index contributed by atoms with van der Waals surface area (Å²) in [4.78, 5) is 0. The quantitative estimate of drug-likeness (QED) is 0.870. The highest BCUT2D eigenvalue weighted by Crippen LogP contribution is 2.37. The van der Waals surface area contributed by atoms with Crippen molar-refractivity contribution in [1.29, 1.82) is 0 Å². The van der Waals surface area contributed by atoms with Gasteiger partial charge in [0.2, 0.25) is 6.79 Å². The van der Waals surface area contributed by atoms with Crippen molar-refractivity contribution in [3.05, 3.63) is 22.2 Å². The first-order valence-corrected chi connectivity index (χ1v) is 8.35. The molecule has 0 radical (unpaired) electrons. The molecule has 0 bridgehead atoms. The van der Waals surface area contributed by atoms with Gasteiger partial charge in [0.05, 0.1) is 6.61 Å². The Kier molecular flexibility index (Phi) is 4.43. The lowest BCUT2D eigenvalue weighted by atomic mass is 9.77. The molecule has 0 atom stereocenters. The minimum atomic E-state index is -0.137. The summed E-state index contributed by atoms with van der Waals surface area (Å²) < 4.78 is 11.8. The summed E-state index contributed by atoms with van der Waals surface area (Å²) in [5, 5.41) is 13.4. The van der Waals surface area contributed by atoms with E-state index < -0.39 is 0 Å². The average Bonchev–Trinajstić information content (AvgIpc) is 2.94. The molecule has 0 aromatic heterocycles. The molecular formula is C16H22BrNO3. The molecule has 21 heavy (non-hydrogen) atoms. The maximum Gasteiger partial charge on any atom is 0.231 e. The summed E-state index contributed by atoms with van der Waals surface area (Å²) in [6.07, 6.45) is 4.42. The number of halogens is 1. The maximum atomic E-state index is 9.81. The molecule has 0 spiro atoms. The molecule has 3 rings (SSSR count). The summed E-state index contributed by atoms with van der Waals surface area (Å²) in [6, 6.07) is 3.96. The molecule has 2 aliphatic rings. The first-order valence-electron chi connectivity index (χ1n) is 7.56. The fourth-order valence-electron chi connectivity index (χ4n) is 3.08. The zero-order chi connectivity index (χ0) is 14.9. The lowest BCUT2D eigenvalue weighted by Crippen LogP contribution is -2.50. The molecule has 2 N–H and O–H groups in total. The van der Waals surface area contributed by atoms with Crippen molar-refractivity contribution in [3.63, 3.8) is 0 Å². The lowest BCUT2D eigenvalue weighted by Gasteiger charge is -2.39. The van der Waals surface area contributed by atoms with Crippen molar-refractivity contribution in [2.24, 2.45) is 5.92 Å². The van der Waals surface area contributed by atoms with Gasteiger partial charge in [-0.05, 0) is 49.3 Å². The molecular weight excluding hydrogens is 334 g/mol. The van der Waals surface area contributed by atoms with E-state index in [9.17, 15) is 5.11 Å². The molecule has 1 aromatic rings. The molecule has 0 amide bonds. The highest BCUT2D eigenvalue weighted by Gasteiger charge is 2.33. The van der Waals surface area contributed by atoms with E-state index in [0.717, 1.165) is 40.3 Å². The van der Waals surface area contributed by atoms with Gasteiger partial charge >= 0.3 is 0 Å². The van der Waals surface area contributed by atoms with E-state index in [4.69, 9.17) is 9.47 Å². The zero-order valence-electron chi connectivity index (χ0n) is 12.3. The van der Waals surface area contributed by atoms with E-state index in [-0.39, 0.29) is 18.9 Å². The molecule has 5 heteroatoms. The molecule has 1 aromatic carbocycles. The number of rotatable bonds is 4. The van der Waals surface area contributed by atoms with Gasteiger partial charge in [-0.3, -0.25) is 0 Å². The lowest BCUT2D eigenvalue weighted by molar-refractivity contribution is 0.104. The number of nitrogens with one attached hydrogen (secondary N) is 1. The van der Waals surface area contributed by atoms with Crippen LogP contribution < -0.4 is 14.8 Å². The van der Waals surface area contributed by atoms with Crippen LogP contribution in [0.4, 0.5) is 0 Å². The van der Waals surface area contributed by atoms with Gasteiger partial charge in [0.15, 0.2) is 11.5 Å². The molecule has 0 unspecified atom stereocenters. The number of aliphatic hydroxyl groups excluding tert-OH is 1. The second-order valence-electron chi connectivity index (χ2n) is 6.27. The Hall–Kier alpha value is -0.780. The van der Waals surface area contributed by atoms with E-state index >= 15 is 0 Å². The predicted octanol–water partition coefficient (Wildman–Crippen LogP) is 3.21. The highest BCUT2D eigenvalue weighted by molar-refractivity contribution is 9.10. The van der Waals surface area contributed by atoms with E-state index in [1.165, 1.54) is 12.8 Å². The van der Waals surface area contributed by atoms with E-state index in [2.05, 4.69) is 28.2 Å². The maximum absolute atomic E-state index is 9.81. The number of ether oxygens (including phenoxy) is 2. The first kappa shape index (κ1) is 15.1. The van der Waals surface area contributed by atoms with Crippen molar-refractivity contribution >= 4 is 15.9 Å². The minimum Gasteiger partial charge on any atom is -0.454 e. The fourth-order valence-corrected chi connectivity index (χ4v) is 3.55. The van der Waals surface area contributed by atoms with Crippen molar-refractivity contribution in [1.82, 2.24) is 5.32 Å². The third kappa shape index (κ3) is 3.20. The van der Waals surface area contributed by atoms with E-state index in [1.807, 2.05) is 12.1 Å². The summed E-state index contributed by atoms with van der Waals surface area (Å²) in [6.45, 7) is 3.49. The van der Waals surface area contributed by atoms with Gasteiger partial charge in [0.1, 0.15) is 0 Å². The summed E-state index contributed by atoms with van der Waals surface area (Å²) in [5.74, 6) is 2.35. The topological polar surface area (TPSA) is 50.7 Å². The van der Waals surface area contributed by atoms with Gasteiger partial charge in [0.25, 0.3) is 0 Å². The third-order valence-electron chi connectivity index (χ3n) is 4.73. The SMILES string of the molecule is CC1CCC(CO)(NCc2cc3c(cc2Br)OCO3)CC1. The second kappa shape index (κ2) is 6.15. The summed E-state index contributed by atoms with van der Waals surface area (Å²) >= 11 is 3.59. The molecule has 1 aliphatic heterocycles. The van der Waals surface area contributed by atoms with Crippen LogP contribution in [0.1, 0.15) is 38.2 Å². The minimum absolute atomic E-state index is 0.137. The van der Waals surface area contributed by atoms with Crippen LogP contribution in [0.3, 0.4) is 0 Å². The second-order valence-corrected chi connectivity index (χ2v) is 7.13. The Morgan fingerprint density at radius 2 is 1.95 bits per heavy atom. The molecule has 1 fully saturated rings. The van der Waals surface area contributed by atoms with Gasteiger partial charge in [-0.25, -0.2) is 0 Å². The molecule has 1 saturated carbocycles. The normalized spacial score (nSPS) is 27.9. The van der Waals surface area contributed by atoms with Crippen LogP contribution in [0, 0.1) is 5.92 Å². The van der Waals surface area contributed by atoms with Crippen LogP contribution in [0.25, 0.3) is 0 Å². The number of hydrogen-bond acceptors (Lipinski definition) is 4. The number of hydrogen-bond donors (Lipinski definition) is 2. The van der Waals surface area contributed by atoms with Crippen molar-refractivity contribution < 1.29 is 14.6 Å². The summed E-state index contributed by atoms with van der Waals surface area (Å²) in [7, 11) is 0. The predicted molar refractivity (Wildman–Crippen MR) is 84.6 cm³/mol. The Balaban J connectivity index is 1.69. The van der Waals surface area contributed by atoms with Crippen LogP contribution in [0.5, 0.6) is 11.5 Å². The molecule has 1 aliphatic carbocycles. The molecule has 4 nitrogen and oxygen atoms in total. The Bertz CT molecular complexity index is 512. The van der Waals surface area contributed by atoms with Gasteiger partial charge in [-0.2, -0.15) is 0 Å². The Morgan fingerprint density at radius 1 is 1.29 bits per heavy atom. The van der Waals surface area contributed by atoms with Gasteiger partial charge in [0, 0.05) is 16.6 Å². The van der Waals surface area contributed by atoms with Crippen LogP contribution in [-0.2, 0) is 6.54 Å². The standard InChI is InChI=1S/C16H22BrNO3/c1-11-2-4-16(9-19,5-3-11)18-8-12-6-14-15(7-13(12)17)21-10-20-14/h6-7,11,18-19H,2-5,8-10H2,1H3. The van der Waals surface area contributed by atoms with E-state index in [1.54, 1.807) is 0 Å². The fraction of sp³-hybridized carbons (Fsp3) is 0.625. The number of benzene rings is 1. The largest absolute Gasteiger partial charge is 0.454 e. The van der Waals surface area contributed by atoms with Crippen molar-refractivity contribution in [2.75, 3.05) is 13.4 Å². The number of aliphatic hydroxyl groups is 1. The van der Waals surface area contributed by atoms with Crippen LogP contribution >= 0.6 is 15.9 Å². The van der Waals surface area contributed by atoms with Crippen molar-refractivity contribution in [3.8, 4) is 11.5 Å². The molecule has 0 saturated heterocycles. The molecule has 1 heterocycles. The highest BCUT2D eigenvalue weighted by atomic mass is 79.9. The zero-order valence-corrected chi connectivity index (χ0v) is 13.9. The van der Waals surface area contributed by atoms with E-state index in [0.29, 0.717) is 6.54 Å². The monoisotopic (exact) mass is 355 g/mol. The summed E-state index contributed by atoms with van der Waals surface area (Å²) in [5.41, 5.74) is 0.994. The molecule has 116 valence electrons. The Labute approximate surface area is 134 Å². The smallest absolute Gasteiger partial charge is 0.231 e. The average molecular weight is 356 g/mol. The van der Waals surface area contributed by atoms with Crippen LogP contribution in [-0.4, -0.2) is 24.0 Å². The van der Waals surface area contributed by atoms with Crippen LogP contribution in [0.15, 0.2) is 16.6 Å². The van der Waals surface area contributed by atoms with Crippen LogP contribution in [0.2, 0.25) is 0 Å².